The van der Waals surface area contributed by atoms with Gasteiger partial charge in [0.25, 0.3) is 0 Å². The van der Waals surface area contributed by atoms with Crippen molar-refractivity contribution in [2.24, 2.45) is 0 Å². The lowest BCUT2D eigenvalue weighted by molar-refractivity contribution is 1.12. The first-order chi connectivity index (χ1) is 4.68. The van der Waals surface area contributed by atoms with E-state index in [1.54, 1.807) is 0 Å². The van der Waals surface area contributed by atoms with Crippen molar-refractivity contribution < 1.29 is 0 Å². The van der Waals surface area contributed by atoms with Crippen LogP contribution in [0.25, 0.3) is 0 Å². The number of H-pyrrole nitrogens is 2. The minimum atomic E-state index is -0.386. The molecule has 2 N–H and O–H groups in total. The average molecular weight is 156 g/mol. The van der Waals surface area contributed by atoms with Crippen molar-refractivity contribution in [2.75, 3.05) is 0 Å². The average Bonchev–Trinajstić information content (AvgIpc) is 1.93. The van der Waals surface area contributed by atoms with Crippen LogP contribution >= 0.6 is 12.2 Å². The molecule has 4 nitrogen and oxygen atoms in total. The third-order valence-electron chi connectivity index (χ3n) is 0.860. The normalized spacial score (nSPS) is 9.20. The zero-order valence-corrected chi connectivity index (χ0v) is 5.70. The Balaban J connectivity index is 3.75. The van der Waals surface area contributed by atoms with Crippen LogP contribution in [0.15, 0.2) is 21.7 Å². The highest BCUT2D eigenvalue weighted by molar-refractivity contribution is 7.71. The van der Waals surface area contributed by atoms with Gasteiger partial charge in [-0.05, 0) is 12.2 Å². The van der Waals surface area contributed by atoms with Crippen LogP contribution in [-0.2, 0) is 0 Å². The molecule has 0 amide bonds. The fourth-order valence-electron chi connectivity index (χ4n) is 0.490. The fraction of sp³-hybridized carbons (Fsp3) is 0. The van der Waals surface area contributed by atoms with Crippen molar-refractivity contribution in [3.8, 4) is 0 Å². The second-order valence-electron chi connectivity index (χ2n) is 1.64. The molecular formula is C5H4N2O2S. The van der Waals surface area contributed by atoms with Gasteiger partial charge in [0.2, 0.25) is 11.1 Å². The van der Waals surface area contributed by atoms with Crippen LogP contribution < -0.4 is 11.1 Å². The van der Waals surface area contributed by atoms with E-state index >= 15 is 0 Å². The van der Waals surface area contributed by atoms with Gasteiger partial charge in [-0.2, -0.15) is 0 Å². The predicted molar refractivity (Wildman–Crippen MR) is 38.5 cm³/mol. The minimum Gasteiger partial charge on any atom is -0.299 e. The van der Waals surface area contributed by atoms with Crippen LogP contribution in [0.4, 0.5) is 0 Å². The summed E-state index contributed by atoms with van der Waals surface area (Å²) in [5.41, 5.74) is -0.772. The van der Waals surface area contributed by atoms with Gasteiger partial charge in [-0.15, -0.1) is 0 Å². The highest BCUT2D eigenvalue weighted by atomic mass is 32.1. The summed E-state index contributed by atoms with van der Waals surface area (Å²) in [5, 5.41) is 0. The third-order valence-corrected chi connectivity index (χ3v) is 1.06. The van der Waals surface area contributed by atoms with Crippen LogP contribution in [0.3, 0.4) is 0 Å². The Bertz CT molecular complexity index is 356. The quantitative estimate of drug-likeness (QED) is 0.511. The molecule has 1 aromatic rings. The second-order valence-corrected chi connectivity index (χ2v) is 2.05. The molecular weight excluding hydrogens is 152 g/mol. The monoisotopic (exact) mass is 156 g/mol. The van der Waals surface area contributed by atoms with Crippen LogP contribution in [0, 0.1) is 4.77 Å². The molecule has 52 valence electrons. The largest absolute Gasteiger partial charge is 0.299 e. The van der Waals surface area contributed by atoms with Crippen molar-refractivity contribution in [3.05, 3.63) is 37.6 Å². The highest BCUT2D eigenvalue weighted by Gasteiger charge is 1.80. The van der Waals surface area contributed by atoms with Gasteiger partial charge >= 0.3 is 0 Å². The molecule has 0 aromatic carbocycles. The number of hydrogen-bond acceptors (Lipinski definition) is 3. The molecule has 0 atom stereocenters. The van der Waals surface area contributed by atoms with Crippen molar-refractivity contribution in [2.45, 2.75) is 0 Å². The third kappa shape index (κ3) is 1.63. The Morgan fingerprint density at radius 3 is 1.90 bits per heavy atom. The summed E-state index contributed by atoms with van der Waals surface area (Å²) < 4.78 is 0.0417. The zero-order chi connectivity index (χ0) is 7.56. The molecule has 0 radical (unpaired) electrons. The van der Waals surface area contributed by atoms with E-state index in [4.69, 9.17) is 0 Å². The van der Waals surface area contributed by atoms with Crippen molar-refractivity contribution in [1.82, 2.24) is 9.97 Å². The first-order valence-corrected chi connectivity index (χ1v) is 2.93. The van der Waals surface area contributed by atoms with Gasteiger partial charge in [0.15, 0.2) is 4.77 Å². The summed E-state index contributed by atoms with van der Waals surface area (Å²) in [4.78, 5) is 25.6. The summed E-state index contributed by atoms with van der Waals surface area (Å²) in [7, 11) is 0. The standard InChI is InChI=1S/C5H4N2O2S/c8-3-1-2-4(9)7-5(10)6-3/h1-2H,(H2,6,7,8,9,10). The molecule has 0 spiro atoms. The van der Waals surface area contributed by atoms with Gasteiger partial charge in [-0.1, -0.05) is 0 Å². The van der Waals surface area contributed by atoms with Crippen LogP contribution in [0.1, 0.15) is 0 Å². The van der Waals surface area contributed by atoms with Crippen molar-refractivity contribution in [3.63, 3.8) is 0 Å². The predicted octanol–water partition coefficient (Wildman–Crippen LogP) is -0.207. The van der Waals surface area contributed by atoms with Gasteiger partial charge < -0.3 is 0 Å². The maximum atomic E-state index is 10.6. The van der Waals surface area contributed by atoms with Crippen molar-refractivity contribution in [1.29, 1.82) is 0 Å². The summed E-state index contributed by atoms with van der Waals surface area (Å²) in [6.45, 7) is 0. The van der Waals surface area contributed by atoms with Crippen LogP contribution in [0.5, 0.6) is 0 Å². The molecule has 1 heterocycles. The number of rotatable bonds is 0. The van der Waals surface area contributed by atoms with Gasteiger partial charge in [0.1, 0.15) is 0 Å². The zero-order valence-electron chi connectivity index (χ0n) is 4.88. The molecule has 0 aliphatic rings. The smallest absolute Gasteiger partial charge is 0.250 e. The van der Waals surface area contributed by atoms with E-state index in [2.05, 4.69) is 22.2 Å². The Morgan fingerprint density at radius 1 is 1.10 bits per heavy atom. The van der Waals surface area contributed by atoms with Crippen LogP contribution in [-0.4, -0.2) is 9.97 Å². The summed E-state index contributed by atoms with van der Waals surface area (Å²) in [6, 6.07) is 2.24. The molecule has 0 unspecified atom stereocenters. The van der Waals surface area contributed by atoms with E-state index in [0.717, 1.165) is 12.1 Å². The topological polar surface area (TPSA) is 65.7 Å². The number of aromatic nitrogens is 2. The van der Waals surface area contributed by atoms with Gasteiger partial charge in [-0.25, -0.2) is 0 Å². The van der Waals surface area contributed by atoms with Crippen molar-refractivity contribution >= 4 is 12.2 Å². The number of nitrogens with one attached hydrogen (secondary N) is 2. The molecule has 1 aromatic heterocycles. The maximum Gasteiger partial charge on any atom is 0.250 e. The Hall–Kier alpha value is -1.23. The first kappa shape index (κ1) is 6.88. The molecule has 0 saturated heterocycles. The Labute approximate surface area is 60.6 Å². The lowest BCUT2D eigenvalue weighted by Crippen LogP contribution is -1.98. The first-order valence-electron chi connectivity index (χ1n) is 2.52. The van der Waals surface area contributed by atoms with Crippen LogP contribution in [0.2, 0.25) is 0 Å². The number of aromatic amines is 2. The van der Waals surface area contributed by atoms with E-state index in [1.807, 2.05) is 0 Å². The van der Waals surface area contributed by atoms with Gasteiger partial charge in [0, 0.05) is 12.1 Å². The van der Waals surface area contributed by atoms with E-state index in [0.29, 0.717) is 0 Å². The molecule has 0 aliphatic heterocycles. The SMILES string of the molecule is O=c1ccc(=O)[nH]c(=S)[nH]1. The molecule has 1 rings (SSSR count). The number of hydrogen-bond donors (Lipinski definition) is 2. The minimum absolute atomic E-state index is 0.0417. The van der Waals surface area contributed by atoms with E-state index in [9.17, 15) is 9.59 Å². The summed E-state index contributed by atoms with van der Waals surface area (Å²) in [6.07, 6.45) is 0. The Kier molecular flexibility index (Phi) is 1.77. The molecule has 0 fully saturated rings. The molecule has 5 heteroatoms. The summed E-state index contributed by atoms with van der Waals surface area (Å²) in [5.74, 6) is 0. The molecule has 0 aliphatic carbocycles. The highest BCUT2D eigenvalue weighted by Crippen LogP contribution is 1.62. The van der Waals surface area contributed by atoms with E-state index in [-0.39, 0.29) is 15.9 Å². The lowest BCUT2D eigenvalue weighted by Gasteiger charge is -1.67. The van der Waals surface area contributed by atoms with Gasteiger partial charge in [0.05, 0.1) is 0 Å². The molecule has 10 heavy (non-hydrogen) atoms. The Morgan fingerprint density at radius 2 is 1.50 bits per heavy atom. The fourth-order valence-corrected chi connectivity index (χ4v) is 0.691. The summed E-state index contributed by atoms with van der Waals surface area (Å²) >= 11 is 4.54. The van der Waals surface area contributed by atoms with Gasteiger partial charge in [-0.3, -0.25) is 19.6 Å². The molecule has 0 bridgehead atoms. The maximum absolute atomic E-state index is 10.6. The van der Waals surface area contributed by atoms with E-state index < -0.39 is 0 Å². The molecule has 0 saturated carbocycles. The lowest BCUT2D eigenvalue weighted by atomic mass is 10.6. The van der Waals surface area contributed by atoms with E-state index in [1.165, 1.54) is 0 Å². The second kappa shape index (κ2) is 2.57.